The Bertz CT molecular complexity index is 1490. The van der Waals surface area contributed by atoms with E-state index < -0.39 is 11.2 Å². The van der Waals surface area contributed by atoms with Crippen molar-refractivity contribution in [3.63, 3.8) is 0 Å². The van der Waals surface area contributed by atoms with Crippen LogP contribution >= 0.6 is 23.2 Å². The molecule has 1 aromatic carbocycles. The number of hydrogen-bond donors (Lipinski definition) is 2. The van der Waals surface area contributed by atoms with Crippen LogP contribution in [0.2, 0.25) is 10.0 Å². The monoisotopic (exact) mass is 486 g/mol. The van der Waals surface area contributed by atoms with Crippen LogP contribution in [0.4, 0.5) is 0 Å². The average Bonchev–Trinajstić information content (AvgIpc) is 2.77. The zero-order valence-electron chi connectivity index (χ0n) is 17.3. The summed E-state index contributed by atoms with van der Waals surface area (Å²) < 4.78 is 6.64. The minimum atomic E-state index is -0.788. The van der Waals surface area contributed by atoms with Gasteiger partial charge in [0.1, 0.15) is 0 Å². The highest BCUT2D eigenvalue weighted by atomic mass is 35.5. The van der Waals surface area contributed by atoms with Gasteiger partial charge in [0.05, 0.1) is 21.4 Å². The summed E-state index contributed by atoms with van der Waals surface area (Å²) in [6.45, 7) is 3.72. The van der Waals surface area contributed by atoms with Gasteiger partial charge in [-0.1, -0.05) is 43.1 Å². The van der Waals surface area contributed by atoms with Gasteiger partial charge < -0.3 is 4.74 Å². The van der Waals surface area contributed by atoms with Gasteiger partial charge in [-0.3, -0.25) is 19.6 Å². The van der Waals surface area contributed by atoms with Crippen molar-refractivity contribution in [2.45, 2.75) is 19.8 Å². The van der Waals surface area contributed by atoms with E-state index in [9.17, 15) is 14.4 Å². The first-order valence-corrected chi connectivity index (χ1v) is 10.4. The molecule has 0 fully saturated rings. The first-order valence-electron chi connectivity index (χ1n) is 9.66. The fourth-order valence-corrected chi connectivity index (χ4v) is 3.55. The van der Waals surface area contributed by atoms with Gasteiger partial charge in [-0.25, -0.2) is 9.89 Å². The maximum Gasteiger partial charge on any atom is 0.349 e. The van der Waals surface area contributed by atoms with Crippen molar-refractivity contribution in [3.05, 3.63) is 89.4 Å². The van der Waals surface area contributed by atoms with Crippen molar-refractivity contribution in [2.75, 3.05) is 0 Å². The Kier molecular flexibility index (Phi) is 6.12. The molecule has 3 heterocycles. The van der Waals surface area contributed by atoms with Crippen molar-refractivity contribution in [3.8, 4) is 28.7 Å². The molecule has 0 aliphatic rings. The van der Waals surface area contributed by atoms with E-state index in [-0.39, 0.29) is 50.2 Å². The molecule has 0 bridgehead atoms. The van der Waals surface area contributed by atoms with E-state index in [2.05, 4.69) is 25.3 Å². The number of aromatic nitrogens is 6. The van der Waals surface area contributed by atoms with Crippen LogP contribution in [-0.2, 0) is 0 Å². The molecule has 0 aliphatic heterocycles. The summed E-state index contributed by atoms with van der Waals surface area (Å²) in [4.78, 5) is 42.9. The van der Waals surface area contributed by atoms with E-state index in [4.69, 9.17) is 27.9 Å². The molecule has 12 heteroatoms. The molecule has 3 aromatic heterocycles. The van der Waals surface area contributed by atoms with Gasteiger partial charge in [-0.05, 0) is 30.2 Å². The summed E-state index contributed by atoms with van der Waals surface area (Å²) in [7, 11) is 0. The molecule has 0 unspecified atom stereocenters. The number of pyridine rings is 1. The lowest BCUT2D eigenvalue weighted by atomic mass is 10.1. The number of halogens is 2. The molecule has 4 rings (SSSR count). The minimum Gasteiger partial charge on any atom is -0.434 e. The molecular formula is C21H16Cl2N6O4. The van der Waals surface area contributed by atoms with Crippen molar-refractivity contribution >= 4 is 23.2 Å². The SMILES string of the molecule is CC(C)c1cc(Oc2c(Cl)cc(-n3nc(-c4ccccn4)c(=O)[nH]c3=O)cc2Cl)n[nH]c1=O. The molecule has 168 valence electrons. The molecular weight excluding hydrogens is 471 g/mol. The molecule has 2 N–H and O–H groups in total. The zero-order valence-corrected chi connectivity index (χ0v) is 18.8. The second-order valence-corrected chi connectivity index (χ2v) is 8.04. The van der Waals surface area contributed by atoms with Gasteiger partial charge >= 0.3 is 5.69 Å². The summed E-state index contributed by atoms with van der Waals surface area (Å²) in [6.07, 6.45) is 1.50. The van der Waals surface area contributed by atoms with E-state index in [0.717, 1.165) is 4.68 Å². The molecule has 0 radical (unpaired) electrons. The highest BCUT2D eigenvalue weighted by Crippen LogP contribution is 2.37. The van der Waals surface area contributed by atoms with Crippen LogP contribution in [0.15, 0.2) is 57.0 Å². The normalized spacial score (nSPS) is 11.1. The lowest BCUT2D eigenvalue weighted by Gasteiger charge is -2.12. The Morgan fingerprint density at radius 1 is 1.03 bits per heavy atom. The third kappa shape index (κ3) is 4.57. The van der Waals surface area contributed by atoms with E-state index >= 15 is 0 Å². The van der Waals surface area contributed by atoms with Crippen LogP contribution in [0.5, 0.6) is 11.6 Å². The van der Waals surface area contributed by atoms with Crippen molar-refractivity contribution in [1.82, 2.24) is 29.9 Å². The summed E-state index contributed by atoms with van der Waals surface area (Å²) >= 11 is 12.7. The quantitative estimate of drug-likeness (QED) is 0.441. The Labute approximate surface area is 195 Å². The standard InChI is InChI=1S/C21H16Cl2N6O4/c1-10(2)12-9-16(26-27-19(12)30)33-18-13(22)7-11(8-14(18)23)29-21(32)25-20(31)17(28-29)15-5-3-4-6-24-15/h3-10H,1-2H3,(H,27,30)(H,25,31,32). The number of nitrogens with one attached hydrogen (secondary N) is 2. The van der Waals surface area contributed by atoms with Crippen LogP contribution in [0.3, 0.4) is 0 Å². The molecule has 0 saturated heterocycles. The van der Waals surface area contributed by atoms with Gasteiger partial charge in [0.2, 0.25) is 5.88 Å². The molecule has 4 aromatic rings. The smallest absolute Gasteiger partial charge is 0.349 e. The number of benzene rings is 1. The minimum absolute atomic E-state index is 0.0517. The van der Waals surface area contributed by atoms with Gasteiger partial charge in [0, 0.05) is 17.8 Å². The molecule has 33 heavy (non-hydrogen) atoms. The van der Waals surface area contributed by atoms with Crippen LogP contribution < -0.4 is 21.5 Å². The van der Waals surface area contributed by atoms with E-state index in [1.54, 1.807) is 18.2 Å². The largest absolute Gasteiger partial charge is 0.434 e. The number of rotatable bonds is 5. The first-order chi connectivity index (χ1) is 15.7. The predicted octanol–water partition coefficient (Wildman–Crippen LogP) is 3.29. The lowest BCUT2D eigenvalue weighted by Crippen LogP contribution is -2.32. The summed E-state index contributed by atoms with van der Waals surface area (Å²) in [6, 6.07) is 9.25. The highest BCUT2D eigenvalue weighted by Gasteiger charge is 2.17. The molecule has 0 aliphatic carbocycles. The maximum atomic E-state index is 12.4. The number of aromatic amines is 2. The average molecular weight is 487 g/mol. The van der Waals surface area contributed by atoms with Gasteiger partial charge in [-0.15, -0.1) is 5.10 Å². The number of nitrogens with zero attached hydrogens (tertiary/aromatic N) is 4. The maximum absolute atomic E-state index is 12.4. The summed E-state index contributed by atoms with van der Waals surface area (Å²) in [5.41, 5.74) is -0.891. The Morgan fingerprint density at radius 2 is 1.76 bits per heavy atom. The summed E-state index contributed by atoms with van der Waals surface area (Å²) in [5, 5.41) is 10.5. The van der Waals surface area contributed by atoms with E-state index in [1.165, 1.54) is 24.4 Å². The Morgan fingerprint density at radius 3 is 2.39 bits per heavy atom. The fraction of sp³-hybridized carbons (Fsp3) is 0.143. The van der Waals surface area contributed by atoms with Gasteiger partial charge in [0.25, 0.3) is 11.1 Å². The van der Waals surface area contributed by atoms with E-state index in [1.807, 2.05) is 13.8 Å². The molecule has 10 nitrogen and oxygen atoms in total. The third-order valence-electron chi connectivity index (χ3n) is 4.60. The molecule has 0 amide bonds. The highest BCUT2D eigenvalue weighted by molar-refractivity contribution is 6.37. The molecule has 0 saturated carbocycles. The molecule has 0 spiro atoms. The number of hydrogen-bond acceptors (Lipinski definition) is 7. The first kappa shape index (κ1) is 22.4. The van der Waals surface area contributed by atoms with Crippen LogP contribution in [0.1, 0.15) is 25.3 Å². The van der Waals surface area contributed by atoms with Crippen molar-refractivity contribution < 1.29 is 4.74 Å². The lowest BCUT2D eigenvalue weighted by molar-refractivity contribution is 0.452. The van der Waals surface area contributed by atoms with Crippen LogP contribution in [0.25, 0.3) is 17.1 Å². The van der Waals surface area contributed by atoms with Gasteiger partial charge in [0.15, 0.2) is 11.4 Å². The second kappa shape index (κ2) is 9.00. The van der Waals surface area contributed by atoms with Crippen LogP contribution in [-0.4, -0.2) is 29.9 Å². The topological polar surface area (TPSA) is 136 Å². The second-order valence-electron chi connectivity index (χ2n) is 7.22. The van der Waals surface area contributed by atoms with Crippen LogP contribution in [0, 0.1) is 0 Å². The fourth-order valence-electron chi connectivity index (χ4n) is 3.00. The number of ether oxygens (including phenoxy) is 1. The van der Waals surface area contributed by atoms with E-state index in [0.29, 0.717) is 5.56 Å². The zero-order chi connectivity index (χ0) is 23.7. The van der Waals surface area contributed by atoms with Crippen molar-refractivity contribution in [2.24, 2.45) is 0 Å². The van der Waals surface area contributed by atoms with Gasteiger partial charge in [-0.2, -0.15) is 9.78 Å². The Hall–Kier alpha value is -3.76. The third-order valence-corrected chi connectivity index (χ3v) is 5.16. The Balaban J connectivity index is 1.76. The summed E-state index contributed by atoms with van der Waals surface area (Å²) in [5.74, 6) is 0.101. The predicted molar refractivity (Wildman–Crippen MR) is 123 cm³/mol. The molecule has 0 atom stereocenters. The number of H-pyrrole nitrogens is 2. The van der Waals surface area contributed by atoms with Crippen molar-refractivity contribution in [1.29, 1.82) is 0 Å².